The van der Waals surface area contributed by atoms with Crippen molar-refractivity contribution in [3.63, 3.8) is 0 Å². The van der Waals surface area contributed by atoms with E-state index in [-0.39, 0.29) is 5.56 Å². The van der Waals surface area contributed by atoms with Gasteiger partial charge in [0.1, 0.15) is 0 Å². The second-order valence-corrected chi connectivity index (χ2v) is 4.88. The SMILES string of the molecule is O=c1c2c([nH]n1-c1nccs1)CSC2. The third-order valence-electron chi connectivity index (χ3n) is 2.18. The van der Waals surface area contributed by atoms with Gasteiger partial charge in [0, 0.05) is 23.1 Å². The van der Waals surface area contributed by atoms with Gasteiger partial charge in [-0.25, -0.2) is 4.98 Å². The minimum Gasteiger partial charge on any atom is -0.292 e. The summed E-state index contributed by atoms with van der Waals surface area (Å²) in [6.07, 6.45) is 1.70. The van der Waals surface area contributed by atoms with Crippen LogP contribution in [0.3, 0.4) is 0 Å². The maximum Gasteiger partial charge on any atom is 0.277 e. The summed E-state index contributed by atoms with van der Waals surface area (Å²) in [6, 6.07) is 0. The van der Waals surface area contributed by atoms with E-state index in [1.165, 1.54) is 16.0 Å². The molecule has 2 aromatic rings. The molecule has 14 heavy (non-hydrogen) atoms. The van der Waals surface area contributed by atoms with Crippen molar-refractivity contribution in [2.24, 2.45) is 0 Å². The molecule has 1 aliphatic rings. The third kappa shape index (κ3) is 1.07. The van der Waals surface area contributed by atoms with Gasteiger partial charge in [0.25, 0.3) is 5.56 Å². The summed E-state index contributed by atoms with van der Waals surface area (Å²) in [7, 11) is 0. The molecule has 0 saturated carbocycles. The average Bonchev–Trinajstić information content (AvgIpc) is 2.84. The first-order valence-corrected chi connectivity index (χ1v) is 6.20. The van der Waals surface area contributed by atoms with Gasteiger partial charge in [0.15, 0.2) is 0 Å². The quantitative estimate of drug-likeness (QED) is 0.797. The predicted octanol–water partition coefficient (Wildman–Crippen LogP) is 1.37. The Bertz CT molecular complexity index is 511. The number of nitrogens with one attached hydrogen (secondary N) is 1. The van der Waals surface area contributed by atoms with Gasteiger partial charge in [-0.2, -0.15) is 16.4 Å². The van der Waals surface area contributed by atoms with Crippen molar-refractivity contribution in [2.75, 3.05) is 0 Å². The summed E-state index contributed by atoms with van der Waals surface area (Å²) >= 11 is 3.23. The molecule has 0 fully saturated rings. The molecule has 0 spiro atoms. The summed E-state index contributed by atoms with van der Waals surface area (Å²) in [6.45, 7) is 0. The Hall–Kier alpha value is -1.01. The van der Waals surface area contributed by atoms with Gasteiger partial charge in [-0.05, 0) is 0 Å². The van der Waals surface area contributed by atoms with Crippen LogP contribution in [-0.4, -0.2) is 14.8 Å². The van der Waals surface area contributed by atoms with Gasteiger partial charge in [0.05, 0.1) is 11.3 Å². The van der Waals surface area contributed by atoms with Crippen LogP contribution in [0.15, 0.2) is 16.4 Å². The van der Waals surface area contributed by atoms with Gasteiger partial charge in [-0.15, -0.1) is 11.3 Å². The molecule has 1 N–H and O–H groups in total. The minimum absolute atomic E-state index is 0.0555. The number of fused-ring (bicyclic) bond motifs is 1. The molecule has 0 radical (unpaired) electrons. The van der Waals surface area contributed by atoms with Gasteiger partial charge >= 0.3 is 0 Å². The number of rotatable bonds is 1. The van der Waals surface area contributed by atoms with E-state index in [4.69, 9.17) is 0 Å². The Kier molecular flexibility index (Phi) is 1.78. The van der Waals surface area contributed by atoms with Crippen molar-refractivity contribution in [2.45, 2.75) is 11.5 Å². The van der Waals surface area contributed by atoms with Crippen LogP contribution >= 0.6 is 23.1 Å². The Morgan fingerprint density at radius 2 is 2.43 bits per heavy atom. The fraction of sp³-hybridized carbons (Fsp3) is 0.250. The summed E-state index contributed by atoms with van der Waals surface area (Å²) in [4.78, 5) is 15.9. The lowest BCUT2D eigenvalue weighted by atomic mass is 10.3. The fourth-order valence-electron chi connectivity index (χ4n) is 1.50. The van der Waals surface area contributed by atoms with Crippen molar-refractivity contribution in [1.82, 2.24) is 14.8 Å². The third-order valence-corrected chi connectivity index (χ3v) is 3.92. The van der Waals surface area contributed by atoms with Crippen LogP contribution in [0.1, 0.15) is 11.3 Å². The van der Waals surface area contributed by atoms with E-state index in [9.17, 15) is 4.79 Å². The highest BCUT2D eigenvalue weighted by Crippen LogP contribution is 2.26. The molecule has 3 rings (SSSR count). The van der Waals surface area contributed by atoms with E-state index in [2.05, 4.69) is 10.1 Å². The summed E-state index contributed by atoms with van der Waals surface area (Å²) in [5, 5.41) is 5.68. The Labute approximate surface area is 88.0 Å². The van der Waals surface area contributed by atoms with E-state index in [0.29, 0.717) is 0 Å². The summed E-state index contributed by atoms with van der Waals surface area (Å²) in [5.41, 5.74) is 2.01. The summed E-state index contributed by atoms with van der Waals surface area (Å²) in [5.74, 6) is 1.73. The predicted molar refractivity (Wildman–Crippen MR) is 57.1 cm³/mol. The Morgan fingerprint density at radius 3 is 3.14 bits per heavy atom. The molecule has 0 unspecified atom stereocenters. The highest BCUT2D eigenvalue weighted by Gasteiger charge is 2.20. The summed E-state index contributed by atoms with van der Waals surface area (Å²) < 4.78 is 1.54. The average molecular weight is 225 g/mol. The zero-order valence-corrected chi connectivity index (χ0v) is 8.82. The largest absolute Gasteiger partial charge is 0.292 e. The molecule has 6 heteroatoms. The molecule has 0 amide bonds. The molecule has 72 valence electrons. The van der Waals surface area contributed by atoms with Crippen LogP contribution in [0.2, 0.25) is 0 Å². The van der Waals surface area contributed by atoms with Gasteiger partial charge in [-0.1, -0.05) is 0 Å². The van der Waals surface area contributed by atoms with Crippen LogP contribution in [0.4, 0.5) is 0 Å². The zero-order chi connectivity index (χ0) is 9.54. The molecule has 0 atom stereocenters. The molecule has 3 heterocycles. The molecule has 1 aliphatic heterocycles. The first-order chi connectivity index (χ1) is 6.86. The molecule has 0 bridgehead atoms. The monoisotopic (exact) mass is 225 g/mol. The van der Waals surface area contributed by atoms with E-state index < -0.39 is 0 Å². The van der Waals surface area contributed by atoms with Crippen LogP contribution < -0.4 is 5.56 Å². The number of thioether (sulfide) groups is 1. The fourth-order valence-corrected chi connectivity index (χ4v) is 3.15. The number of aromatic nitrogens is 3. The lowest BCUT2D eigenvalue weighted by molar-refractivity contribution is 0.823. The van der Waals surface area contributed by atoms with Crippen LogP contribution in [0, 0.1) is 0 Å². The first kappa shape index (κ1) is 8.31. The second-order valence-electron chi connectivity index (χ2n) is 3.02. The number of hydrogen-bond acceptors (Lipinski definition) is 4. The molecular weight excluding hydrogens is 218 g/mol. The van der Waals surface area contributed by atoms with Gasteiger partial charge < -0.3 is 0 Å². The van der Waals surface area contributed by atoms with Crippen molar-refractivity contribution < 1.29 is 0 Å². The topological polar surface area (TPSA) is 50.7 Å². The molecule has 2 aromatic heterocycles. The van der Waals surface area contributed by atoms with Crippen LogP contribution in [0.25, 0.3) is 5.13 Å². The Balaban J connectivity index is 2.22. The van der Waals surface area contributed by atoms with Crippen molar-refractivity contribution >= 4 is 23.1 Å². The van der Waals surface area contributed by atoms with E-state index in [1.54, 1.807) is 18.0 Å². The number of hydrogen-bond donors (Lipinski definition) is 1. The van der Waals surface area contributed by atoms with E-state index >= 15 is 0 Å². The standard InChI is InChI=1S/C8H7N3OS2/c12-7-5-3-13-4-6(5)10-11(7)8-9-1-2-14-8/h1-2,10H,3-4H2. The molecule has 4 nitrogen and oxygen atoms in total. The smallest absolute Gasteiger partial charge is 0.277 e. The molecule has 0 saturated heterocycles. The van der Waals surface area contributed by atoms with E-state index in [0.717, 1.165) is 27.9 Å². The minimum atomic E-state index is 0.0555. The highest BCUT2D eigenvalue weighted by atomic mass is 32.2. The molecule has 0 aliphatic carbocycles. The first-order valence-electron chi connectivity index (χ1n) is 4.16. The van der Waals surface area contributed by atoms with E-state index in [1.807, 2.05) is 5.38 Å². The number of aromatic amines is 1. The van der Waals surface area contributed by atoms with Crippen molar-refractivity contribution in [3.05, 3.63) is 33.2 Å². The maximum atomic E-state index is 11.8. The van der Waals surface area contributed by atoms with Gasteiger partial charge in [-0.3, -0.25) is 9.89 Å². The lowest BCUT2D eigenvalue weighted by Gasteiger charge is -1.94. The highest BCUT2D eigenvalue weighted by molar-refractivity contribution is 7.98. The number of thiazole rings is 1. The lowest BCUT2D eigenvalue weighted by Crippen LogP contribution is -2.16. The Morgan fingerprint density at radius 1 is 1.50 bits per heavy atom. The zero-order valence-electron chi connectivity index (χ0n) is 7.19. The van der Waals surface area contributed by atoms with Crippen LogP contribution in [0.5, 0.6) is 0 Å². The van der Waals surface area contributed by atoms with Crippen LogP contribution in [-0.2, 0) is 11.5 Å². The molecule has 0 aromatic carbocycles. The van der Waals surface area contributed by atoms with Gasteiger partial charge in [0.2, 0.25) is 5.13 Å². The van der Waals surface area contributed by atoms with Crippen molar-refractivity contribution in [1.29, 1.82) is 0 Å². The molecular formula is C8H7N3OS2. The second kappa shape index (κ2) is 2.99. The van der Waals surface area contributed by atoms with Crippen molar-refractivity contribution in [3.8, 4) is 5.13 Å². The maximum absolute atomic E-state index is 11.8. The normalized spacial score (nSPS) is 14.6. The number of nitrogens with zero attached hydrogens (tertiary/aromatic N) is 2. The number of H-pyrrole nitrogens is 1.